The van der Waals surface area contributed by atoms with E-state index in [1.165, 1.54) is 5.56 Å². The van der Waals surface area contributed by atoms with Gasteiger partial charge in [0, 0.05) is 17.3 Å². The molecule has 0 saturated heterocycles. The fraction of sp³-hybridized carbons (Fsp3) is 0.417. The molecule has 0 saturated carbocycles. The number of hydrogen-bond acceptors (Lipinski definition) is 1. The molecular formula is C12H15BrO. The molecule has 0 N–H and O–H groups in total. The van der Waals surface area contributed by atoms with Crippen molar-refractivity contribution < 1.29 is 4.79 Å². The summed E-state index contributed by atoms with van der Waals surface area (Å²) in [5.74, 6) is 0.233. The molecule has 0 atom stereocenters. The van der Waals surface area contributed by atoms with Gasteiger partial charge in [-0.3, -0.25) is 4.79 Å². The van der Waals surface area contributed by atoms with E-state index >= 15 is 0 Å². The van der Waals surface area contributed by atoms with Crippen molar-refractivity contribution in [3.63, 3.8) is 0 Å². The van der Waals surface area contributed by atoms with Crippen molar-refractivity contribution in [3.05, 3.63) is 34.4 Å². The molecule has 76 valence electrons. The van der Waals surface area contributed by atoms with E-state index in [9.17, 15) is 4.79 Å². The Bertz CT molecular complexity index is 332. The van der Waals surface area contributed by atoms with Crippen LogP contribution in [-0.2, 0) is 0 Å². The van der Waals surface area contributed by atoms with E-state index in [4.69, 9.17) is 0 Å². The highest BCUT2D eigenvalue weighted by Gasteiger charge is 2.11. The number of ketones is 1. The van der Waals surface area contributed by atoms with Crippen molar-refractivity contribution in [1.29, 1.82) is 0 Å². The number of rotatable bonds is 3. The fourth-order valence-electron chi connectivity index (χ4n) is 1.83. The summed E-state index contributed by atoms with van der Waals surface area (Å²) in [7, 11) is 0. The largest absolute Gasteiger partial charge is 0.294 e. The molecule has 1 aromatic rings. The van der Waals surface area contributed by atoms with Crippen molar-refractivity contribution in [2.45, 2.75) is 27.2 Å². The highest BCUT2D eigenvalue weighted by molar-refractivity contribution is 9.09. The Morgan fingerprint density at radius 3 is 2.14 bits per heavy atom. The van der Waals surface area contributed by atoms with Gasteiger partial charge in [-0.1, -0.05) is 33.6 Å². The maximum absolute atomic E-state index is 11.8. The average molecular weight is 255 g/mol. The number of hydrogen-bond donors (Lipinski definition) is 0. The molecule has 0 aliphatic heterocycles. The number of carbonyl (C=O) groups excluding carboxylic acids is 1. The molecule has 0 radical (unpaired) electrons. The molecule has 0 aromatic heterocycles. The van der Waals surface area contributed by atoms with Crippen molar-refractivity contribution in [3.8, 4) is 0 Å². The zero-order valence-corrected chi connectivity index (χ0v) is 10.4. The second-order valence-corrected chi connectivity index (χ2v) is 4.43. The molecule has 1 rings (SSSR count). The van der Waals surface area contributed by atoms with E-state index in [1.54, 1.807) is 0 Å². The highest BCUT2D eigenvalue weighted by Crippen LogP contribution is 2.18. The van der Waals surface area contributed by atoms with Crippen LogP contribution in [0.15, 0.2) is 12.1 Å². The van der Waals surface area contributed by atoms with Crippen LogP contribution in [0.5, 0.6) is 0 Å². The van der Waals surface area contributed by atoms with Gasteiger partial charge >= 0.3 is 0 Å². The van der Waals surface area contributed by atoms with Gasteiger partial charge in [-0.15, -0.1) is 0 Å². The number of Topliss-reactive ketones (excluding diaryl/α,β-unsaturated/α-hetero) is 1. The lowest BCUT2D eigenvalue weighted by Crippen LogP contribution is -2.05. The highest BCUT2D eigenvalue weighted by atomic mass is 79.9. The summed E-state index contributed by atoms with van der Waals surface area (Å²) < 4.78 is 0. The number of carbonyl (C=O) groups is 1. The predicted molar refractivity (Wildman–Crippen MR) is 63.4 cm³/mol. The summed E-state index contributed by atoms with van der Waals surface area (Å²) in [6.07, 6.45) is 0.574. The lowest BCUT2D eigenvalue weighted by Gasteiger charge is -2.09. The monoisotopic (exact) mass is 254 g/mol. The van der Waals surface area contributed by atoms with Crippen LogP contribution in [0.2, 0.25) is 0 Å². The van der Waals surface area contributed by atoms with Gasteiger partial charge in [-0.05, 0) is 31.9 Å². The van der Waals surface area contributed by atoms with Crippen LogP contribution in [0.3, 0.4) is 0 Å². The van der Waals surface area contributed by atoms with Crippen LogP contribution in [-0.4, -0.2) is 11.1 Å². The van der Waals surface area contributed by atoms with Gasteiger partial charge in [0.15, 0.2) is 5.78 Å². The maximum atomic E-state index is 11.8. The summed E-state index contributed by atoms with van der Waals surface area (Å²) in [5, 5.41) is 0.735. The molecule has 0 unspecified atom stereocenters. The van der Waals surface area contributed by atoms with E-state index in [0.29, 0.717) is 6.42 Å². The van der Waals surface area contributed by atoms with Gasteiger partial charge in [-0.25, -0.2) is 0 Å². The SMILES string of the molecule is Cc1cc(C)c(C(=O)CCBr)c(C)c1. The van der Waals surface area contributed by atoms with E-state index in [2.05, 4.69) is 35.0 Å². The van der Waals surface area contributed by atoms with E-state index in [1.807, 2.05) is 13.8 Å². The minimum atomic E-state index is 0.233. The Balaban J connectivity index is 3.14. The zero-order chi connectivity index (χ0) is 10.7. The average Bonchev–Trinajstić information content (AvgIpc) is 2.01. The minimum absolute atomic E-state index is 0.233. The lowest BCUT2D eigenvalue weighted by molar-refractivity contribution is 0.0988. The standard InChI is InChI=1S/C12H15BrO/c1-8-6-9(2)12(10(3)7-8)11(14)4-5-13/h6-7H,4-5H2,1-3H3. The second kappa shape index (κ2) is 4.74. The topological polar surface area (TPSA) is 17.1 Å². The predicted octanol–water partition coefficient (Wildman–Crippen LogP) is 3.58. The minimum Gasteiger partial charge on any atom is -0.294 e. The first-order chi connectivity index (χ1) is 6.56. The summed E-state index contributed by atoms with van der Waals surface area (Å²) in [5.41, 5.74) is 4.30. The van der Waals surface area contributed by atoms with Gasteiger partial charge in [-0.2, -0.15) is 0 Å². The normalized spacial score (nSPS) is 10.3. The molecule has 0 aliphatic carbocycles. The molecule has 14 heavy (non-hydrogen) atoms. The van der Waals surface area contributed by atoms with Crippen LogP contribution in [0, 0.1) is 20.8 Å². The van der Waals surface area contributed by atoms with Crippen molar-refractivity contribution in [2.24, 2.45) is 0 Å². The summed E-state index contributed by atoms with van der Waals surface area (Å²) in [6, 6.07) is 4.13. The van der Waals surface area contributed by atoms with Crippen molar-refractivity contribution in [1.82, 2.24) is 0 Å². The van der Waals surface area contributed by atoms with Gasteiger partial charge in [0.25, 0.3) is 0 Å². The van der Waals surface area contributed by atoms with Gasteiger partial charge in [0.05, 0.1) is 0 Å². The first-order valence-electron chi connectivity index (χ1n) is 4.73. The van der Waals surface area contributed by atoms with Gasteiger partial charge < -0.3 is 0 Å². The van der Waals surface area contributed by atoms with E-state index < -0.39 is 0 Å². The molecule has 0 bridgehead atoms. The molecular weight excluding hydrogens is 240 g/mol. The summed E-state index contributed by atoms with van der Waals surface area (Å²) in [6.45, 7) is 6.06. The molecule has 1 aromatic carbocycles. The quantitative estimate of drug-likeness (QED) is 0.596. The molecule has 0 heterocycles. The van der Waals surface area contributed by atoms with Crippen LogP contribution >= 0.6 is 15.9 Å². The van der Waals surface area contributed by atoms with E-state index in [0.717, 1.165) is 22.0 Å². The van der Waals surface area contributed by atoms with Crippen LogP contribution in [0.1, 0.15) is 33.5 Å². The molecule has 0 aliphatic rings. The number of benzene rings is 1. The third-order valence-electron chi connectivity index (χ3n) is 2.28. The first-order valence-corrected chi connectivity index (χ1v) is 5.85. The smallest absolute Gasteiger partial charge is 0.164 e. The van der Waals surface area contributed by atoms with Crippen LogP contribution < -0.4 is 0 Å². The van der Waals surface area contributed by atoms with Gasteiger partial charge in [0.1, 0.15) is 0 Å². The summed E-state index contributed by atoms with van der Waals surface area (Å²) in [4.78, 5) is 11.8. The third kappa shape index (κ3) is 2.44. The Kier molecular flexibility index (Phi) is 3.87. The Morgan fingerprint density at radius 1 is 1.21 bits per heavy atom. The van der Waals surface area contributed by atoms with E-state index in [-0.39, 0.29) is 5.78 Å². The Labute approximate surface area is 93.7 Å². The van der Waals surface area contributed by atoms with Crippen molar-refractivity contribution in [2.75, 3.05) is 5.33 Å². The Hall–Kier alpha value is -0.630. The van der Waals surface area contributed by atoms with Crippen LogP contribution in [0.25, 0.3) is 0 Å². The lowest BCUT2D eigenvalue weighted by atomic mass is 9.96. The number of alkyl halides is 1. The number of aryl methyl sites for hydroxylation is 3. The second-order valence-electron chi connectivity index (χ2n) is 3.64. The van der Waals surface area contributed by atoms with Crippen LogP contribution in [0.4, 0.5) is 0 Å². The third-order valence-corrected chi connectivity index (χ3v) is 2.67. The molecule has 0 fully saturated rings. The number of halogens is 1. The fourth-order valence-corrected chi connectivity index (χ4v) is 2.19. The van der Waals surface area contributed by atoms with Crippen molar-refractivity contribution >= 4 is 21.7 Å². The Morgan fingerprint density at radius 2 is 1.71 bits per heavy atom. The zero-order valence-electron chi connectivity index (χ0n) is 8.86. The summed E-state index contributed by atoms with van der Waals surface area (Å²) >= 11 is 3.29. The molecule has 1 nitrogen and oxygen atoms in total. The molecule has 0 spiro atoms. The first kappa shape index (κ1) is 11.4. The molecule has 2 heteroatoms. The maximum Gasteiger partial charge on any atom is 0.164 e. The molecule has 0 amide bonds. The van der Waals surface area contributed by atoms with Gasteiger partial charge in [0.2, 0.25) is 0 Å².